The zero-order chi connectivity index (χ0) is 23.2. The SMILES string of the molecule is CNC(=O)c1noc([C@@H](Cc2ccccc2)N(C)C(=O)[CH]Cc2ccc3ccccc3c2)n1. The van der Waals surface area contributed by atoms with Crippen LogP contribution >= 0.6 is 0 Å². The van der Waals surface area contributed by atoms with E-state index in [2.05, 4.69) is 39.7 Å². The van der Waals surface area contributed by atoms with Crippen molar-refractivity contribution in [3.8, 4) is 0 Å². The summed E-state index contributed by atoms with van der Waals surface area (Å²) in [6.07, 6.45) is 2.62. The van der Waals surface area contributed by atoms with Crippen molar-refractivity contribution in [2.45, 2.75) is 18.9 Å². The first-order valence-corrected chi connectivity index (χ1v) is 10.7. The van der Waals surface area contributed by atoms with Gasteiger partial charge >= 0.3 is 0 Å². The van der Waals surface area contributed by atoms with Crippen LogP contribution in [-0.4, -0.2) is 41.0 Å². The van der Waals surface area contributed by atoms with Gasteiger partial charge in [-0.25, -0.2) is 0 Å². The highest BCUT2D eigenvalue weighted by molar-refractivity contribution is 5.90. The van der Waals surface area contributed by atoms with E-state index in [-0.39, 0.29) is 17.6 Å². The smallest absolute Gasteiger partial charge is 0.292 e. The summed E-state index contributed by atoms with van der Waals surface area (Å²) in [5.41, 5.74) is 2.06. The van der Waals surface area contributed by atoms with Crippen LogP contribution in [0.1, 0.15) is 33.7 Å². The Balaban J connectivity index is 1.51. The number of benzene rings is 3. The number of likely N-dealkylation sites (N-methyl/N-ethyl adjacent to an activating group) is 1. The van der Waals surface area contributed by atoms with E-state index in [1.54, 1.807) is 18.4 Å². The second-order valence-corrected chi connectivity index (χ2v) is 7.78. The number of nitrogens with one attached hydrogen (secondary N) is 1. The Morgan fingerprint density at radius 3 is 2.48 bits per heavy atom. The molecule has 0 aliphatic heterocycles. The zero-order valence-electron chi connectivity index (χ0n) is 18.6. The second-order valence-electron chi connectivity index (χ2n) is 7.78. The van der Waals surface area contributed by atoms with Gasteiger partial charge in [-0.2, -0.15) is 4.98 Å². The van der Waals surface area contributed by atoms with Crippen LogP contribution in [0.2, 0.25) is 0 Å². The molecule has 1 atom stereocenters. The largest absolute Gasteiger partial charge is 0.352 e. The molecule has 4 rings (SSSR count). The molecule has 0 aliphatic carbocycles. The summed E-state index contributed by atoms with van der Waals surface area (Å²) in [5.74, 6) is -0.456. The number of hydrogen-bond acceptors (Lipinski definition) is 5. The van der Waals surface area contributed by atoms with Gasteiger partial charge in [0.05, 0.1) is 6.42 Å². The van der Waals surface area contributed by atoms with E-state index >= 15 is 0 Å². The molecular formula is C26H25N4O3. The predicted octanol–water partition coefficient (Wildman–Crippen LogP) is 3.77. The Hall–Kier alpha value is -4.00. The van der Waals surface area contributed by atoms with Gasteiger partial charge in [0.2, 0.25) is 11.8 Å². The maximum absolute atomic E-state index is 13.1. The molecule has 1 radical (unpaired) electrons. The molecule has 7 nitrogen and oxygen atoms in total. The number of carbonyl (C=O) groups is 2. The third-order valence-corrected chi connectivity index (χ3v) is 5.57. The maximum Gasteiger partial charge on any atom is 0.292 e. The first-order valence-electron chi connectivity index (χ1n) is 10.7. The highest BCUT2D eigenvalue weighted by Gasteiger charge is 2.28. The van der Waals surface area contributed by atoms with Crippen LogP contribution < -0.4 is 5.32 Å². The fourth-order valence-corrected chi connectivity index (χ4v) is 3.67. The first kappa shape index (κ1) is 22.2. The fourth-order valence-electron chi connectivity index (χ4n) is 3.67. The van der Waals surface area contributed by atoms with Gasteiger partial charge in [-0.05, 0) is 28.3 Å². The molecule has 0 saturated heterocycles. The average molecular weight is 442 g/mol. The van der Waals surface area contributed by atoms with E-state index in [1.807, 2.05) is 48.5 Å². The lowest BCUT2D eigenvalue weighted by atomic mass is 10.0. The highest BCUT2D eigenvalue weighted by atomic mass is 16.5. The molecule has 33 heavy (non-hydrogen) atoms. The monoisotopic (exact) mass is 441 g/mol. The lowest BCUT2D eigenvalue weighted by Gasteiger charge is -2.25. The van der Waals surface area contributed by atoms with Crippen molar-refractivity contribution in [1.82, 2.24) is 20.4 Å². The van der Waals surface area contributed by atoms with Gasteiger partial charge < -0.3 is 14.7 Å². The third kappa shape index (κ3) is 5.26. The van der Waals surface area contributed by atoms with Crippen LogP contribution in [0, 0.1) is 6.42 Å². The molecular weight excluding hydrogens is 416 g/mol. The van der Waals surface area contributed by atoms with Gasteiger partial charge in [0.25, 0.3) is 11.7 Å². The molecule has 0 fully saturated rings. The number of carbonyl (C=O) groups excluding carboxylic acids is 2. The van der Waals surface area contributed by atoms with E-state index in [0.29, 0.717) is 12.8 Å². The number of fused-ring (bicyclic) bond motifs is 1. The van der Waals surface area contributed by atoms with Crippen molar-refractivity contribution in [2.75, 3.05) is 14.1 Å². The molecule has 0 spiro atoms. The van der Waals surface area contributed by atoms with E-state index in [1.165, 1.54) is 7.05 Å². The molecule has 0 saturated carbocycles. The summed E-state index contributed by atoms with van der Waals surface area (Å²) in [6.45, 7) is 0. The minimum atomic E-state index is -0.515. The third-order valence-electron chi connectivity index (χ3n) is 5.57. The molecule has 0 aliphatic rings. The van der Waals surface area contributed by atoms with Gasteiger partial charge in [-0.3, -0.25) is 9.59 Å². The summed E-state index contributed by atoms with van der Waals surface area (Å²) in [5, 5.41) is 8.54. The van der Waals surface area contributed by atoms with Crippen LogP contribution in [0.5, 0.6) is 0 Å². The van der Waals surface area contributed by atoms with Crippen LogP contribution in [-0.2, 0) is 17.6 Å². The average Bonchev–Trinajstić information content (AvgIpc) is 3.35. The standard InChI is InChI=1S/C26H25N4O3/c1-27-25(32)24-28-26(33-29-24)22(17-18-8-4-3-5-9-18)30(2)23(31)15-13-19-12-14-20-10-6-7-11-21(20)16-19/h3-12,14-16,22H,13,17H2,1-2H3,(H,27,32)/t22-/m1/s1. The van der Waals surface area contributed by atoms with Crippen molar-refractivity contribution < 1.29 is 14.1 Å². The van der Waals surface area contributed by atoms with Gasteiger partial charge in [0.1, 0.15) is 6.04 Å². The Labute approximate surface area is 192 Å². The summed E-state index contributed by atoms with van der Waals surface area (Å²) < 4.78 is 5.37. The molecule has 0 unspecified atom stereocenters. The first-order chi connectivity index (χ1) is 16.0. The van der Waals surface area contributed by atoms with E-state index in [4.69, 9.17) is 4.52 Å². The van der Waals surface area contributed by atoms with Crippen molar-refractivity contribution in [2.24, 2.45) is 0 Å². The molecule has 3 aromatic carbocycles. The Morgan fingerprint density at radius 2 is 1.73 bits per heavy atom. The number of hydrogen-bond donors (Lipinski definition) is 1. The topological polar surface area (TPSA) is 88.3 Å². The molecule has 1 heterocycles. The molecule has 1 N–H and O–H groups in total. The van der Waals surface area contributed by atoms with Gasteiger partial charge in [0.15, 0.2) is 0 Å². The van der Waals surface area contributed by atoms with Gasteiger partial charge in [-0.1, -0.05) is 78.0 Å². The fraction of sp³-hybridized carbons (Fsp3) is 0.192. The van der Waals surface area contributed by atoms with Crippen LogP contribution in [0.15, 0.2) is 77.3 Å². The van der Waals surface area contributed by atoms with Crippen molar-refractivity contribution in [1.29, 1.82) is 0 Å². The van der Waals surface area contributed by atoms with Crippen LogP contribution in [0.3, 0.4) is 0 Å². The Kier molecular flexibility index (Phi) is 6.78. The van der Waals surface area contributed by atoms with Crippen molar-refractivity contribution in [3.05, 3.63) is 102 Å². The number of rotatable bonds is 8. The molecule has 0 bridgehead atoms. The van der Waals surface area contributed by atoms with Gasteiger partial charge in [0, 0.05) is 20.5 Å². The Bertz CT molecular complexity index is 1250. The summed E-state index contributed by atoms with van der Waals surface area (Å²) in [4.78, 5) is 30.8. The van der Waals surface area contributed by atoms with Crippen LogP contribution in [0.4, 0.5) is 0 Å². The quantitative estimate of drug-likeness (QED) is 0.450. The van der Waals surface area contributed by atoms with Crippen molar-refractivity contribution >= 4 is 22.6 Å². The molecule has 7 heteroatoms. The van der Waals surface area contributed by atoms with Crippen LogP contribution in [0.25, 0.3) is 10.8 Å². The lowest BCUT2D eigenvalue weighted by molar-refractivity contribution is -0.129. The Morgan fingerprint density at radius 1 is 1.00 bits per heavy atom. The minimum absolute atomic E-state index is 0.0634. The second kappa shape index (κ2) is 10.1. The number of amides is 2. The minimum Gasteiger partial charge on any atom is -0.352 e. The molecule has 4 aromatic rings. The predicted molar refractivity (Wildman–Crippen MR) is 125 cm³/mol. The normalized spacial score (nSPS) is 11.8. The lowest BCUT2D eigenvalue weighted by Crippen LogP contribution is -2.33. The summed E-state index contributed by atoms with van der Waals surface area (Å²) >= 11 is 0. The van der Waals surface area contributed by atoms with E-state index < -0.39 is 11.9 Å². The number of aromatic nitrogens is 2. The highest BCUT2D eigenvalue weighted by Crippen LogP contribution is 2.24. The van der Waals surface area contributed by atoms with Gasteiger partial charge in [-0.15, -0.1) is 0 Å². The van der Waals surface area contributed by atoms with E-state index in [0.717, 1.165) is 21.9 Å². The number of nitrogens with zero attached hydrogens (tertiary/aromatic N) is 3. The summed E-state index contributed by atoms with van der Waals surface area (Å²) in [7, 11) is 3.20. The molecule has 1 aromatic heterocycles. The van der Waals surface area contributed by atoms with E-state index in [9.17, 15) is 9.59 Å². The summed E-state index contributed by atoms with van der Waals surface area (Å²) in [6, 6.07) is 23.5. The zero-order valence-corrected chi connectivity index (χ0v) is 18.6. The maximum atomic E-state index is 13.1. The molecule has 167 valence electrons. The molecule has 2 amide bonds. The van der Waals surface area contributed by atoms with Crippen molar-refractivity contribution in [3.63, 3.8) is 0 Å².